The molecule has 1 aliphatic carbocycles. The zero-order valence-electron chi connectivity index (χ0n) is 11.9. The number of aliphatic carboxylic acids is 1. The molecule has 2 aliphatic rings. The van der Waals surface area contributed by atoms with Gasteiger partial charge in [-0.15, -0.1) is 0 Å². The van der Waals surface area contributed by atoms with Crippen LogP contribution in [0.4, 0.5) is 0 Å². The van der Waals surface area contributed by atoms with E-state index in [1.54, 1.807) is 4.90 Å². The molecule has 0 spiro atoms. The van der Waals surface area contributed by atoms with Crippen molar-refractivity contribution in [1.29, 1.82) is 0 Å². The van der Waals surface area contributed by atoms with E-state index in [0.29, 0.717) is 19.7 Å². The van der Waals surface area contributed by atoms with Crippen LogP contribution in [0.3, 0.4) is 0 Å². The zero-order valence-corrected chi connectivity index (χ0v) is 11.9. The van der Waals surface area contributed by atoms with Crippen molar-refractivity contribution in [3.05, 3.63) is 34.9 Å². The molecule has 0 bridgehead atoms. The third kappa shape index (κ3) is 2.93. The number of rotatable bonds is 3. The fraction of sp³-hybridized carbons (Fsp3) is 0.500. The normalized spacial score (nSPS) is 21.1. The average Bonchev–Trinajstić information content (AvgIpc) is 2.94. The lowest BCUT2D eigenvalue weighted by Gasteiger charge is -2.32. The summed E-state index contributed by atoms with van der Waals surface area (Å²) in [7, 11) is 0. The Labute approximate surface area is 123 Å². The molecular formula is C16H19NO4. The summed E-state index contributed by atoms with van der Waals surface area (Å²) in [6.45, 7) is 1.28. The van der Waals surface area contributed by atoms with Gasteiger partial charge >= 0.3 is 5.97 Å². The van der Waals surface area contributed by atoms with Crippen molar-refractivity contribution in [2.45, 2.75) is 31.8 Å². The number of carbonyl (C=O) groups is 2. The average molecular weight is 289 g/mol. The Morgan fingerprint density at radius 1 is 1.33 bits per heavy atom. The number of hydrogen-bond donors (Lipinski definition) is 1. The van der Waals surface area contributed by atoms with Crippen molar-refractivity contribution in [3.8, 4) is 0 Å². The molecule has 1 aromatic carbocycles. The quantitative estimate of drug-likeness (QED) is 0.915. The van der Waals surface area contributed by atoms with Gasteiger partial charge in [0.25, 0.3) is 5.91 Å². The lowest BCUT2D eigenvalue weighted by molar-refractivity contribution is -0.141. The summed E-state index contributed by atoms with van der Waals surface area (Å²) in [6, 6.07) is 5.91. The molecule has 1 aliphatic heterocycles. The van der Waals surface area contributed by atoms with E-state index in [-0.39, 0.29) is 12.3 Å². The van der Waals surface area contributed by atoms with Gasteiger partial charge in [-0.25, -0.2) is 0 Å². The largest absolute Gasteiger partial charge is 0.481 e. The van der Waals surface area contributed by atoms with E-state index in [1.807, 2.05) is 12.1 Å². The summed E-state index contributed by atoms with van der Waals surface area (Å²) in [6.07, 6.45) is 2.64. The number of carboxylic acid groups (broad SMARTS) is 1. The van der Waals surface area contributed by atoms with Crippen LogP contribution >= 0.6 is 0 Å². The first-order valence-electron chi connectivity index (χ1n) is 7.38. The molecule has 1 aromatic rings. The van der Waals surface area contributed by atoms with Crippen molar-refractivity contribution in [2.24, 2.45) is 0 Å². The molecule has 1 saturated heterocycles. The number of carbonyl (C=O) groups excluding carboxylic acids is 1. The Bertz CT molecular complexity index is 569. The van der Waals surface area contributed by atoms with Crippen LogP contribution in [0.2, 0.25) is 0 Å². The van der Waals surface area contributed by atoms with Crippen LogP contribution in [0.25, 0.3) is 0 Å². The first-order chi connectivity index (χ1) is 10.1. The molecule has 0 aromatic heterocycles. The standard InChI is InChI=1S/C16H19NO4/c18-15(19)9-12-10-17(7-8-21-12)16(20)14-6-2-4-11-3-1-5-13(11)14/h2,4,6,12H,1,3,5,7-10H2,(H,18,19). The molecule has 1 unspecified atom stereocenters. The maximum Gasteiger partial charge on any atom is 0.306 e. The number of morpholine rings is 1. The molecule has 5 heteroatoms. The molecule has 1 fully saturated rings. The number of carboxylic acids is 1. The fourth-order valence-electron chi connectivity index (χ4n) is 3.21. The van der Waals surface area contributed by atoms with Gasteiger partial charge in [-0.3, -0.25) is 9.59 Å². The number of hydrogen-bond acceptors (Lipinski definition) is 3. The van der Waals surface area contributed by atoms with Crippen molar-refractivity contribution in [1.82, 2.24) is 4.90 Å². The highest BCUT2D eigenvalue weighted by atomic mass is 16.5. The van der Waals surface area contributed by atoms with E-state index in [4.69, 9.17) is 9.84 Å². The molecule has 21 heavy (non-hydrogen) atoms. The van der Waals surface area contributed by atoms with Crippen molar-refractivity contribution in [3.63, 3.8) is 0 Å². The molecule has 112 valence electrons. The molecule has 0 radical (unpaired) electrons. The third-order valence-corrected chi connectivity index (χ3v) is 4.20. The van der Waals surface area contributed by atoms with Crippen LogP contribution in [-0.4, -0.2) is 47.7 Å². The van der Waals surface area contributed by atoms with Crippen LogP contribution in [0.1, 0.15) is 34.3 Å². The van der Waals surface area contributed by atoms with Crippen LogP contribution in [-0.2, 0) is 22.4 Å². The summed E-state index contributed by atoms with van der Waals surface area (Å²) < 4.78 is 5.42. The lowest BCUT2D eigenvalue weighted by Crippen LogP contribution is -2.46. The Morgan fingerprint density at radius 3 is 3.00 bits per heavy atom. The highest BCUT2D eigenvalue weighted by Gasteiger charge is 2.28. The van der Waals surface area contributed by atoms with Gasteiger partial charge in [0.05, 0.1) is 19.1 Å². The first-order valence-corrected chi connectivity index (χ1v) is 7.38. The lowest BCUT2D eigenvalue weighted by atomic mass is 10.0. The number of amides is 1. The maximum absolute atomic E-state index is 12.7. The second-order valence-electron chi connectivity index (χ2n) is 5.64. The summed E-state index contributed by atoms with van der Waals surface area (Å²) in [5.74, 6) is -0.887. The van der Waals surface area contributed by atoms with Crippen LogP contribution in [0.15, 0.2) is 18.2 Å². The second-order valence-corrected chi connectivity index (χ2v) is 5.64. The minimum Gasteiger partial charge on any atom is -0.481 e. The Morgan fingerprint density at radius 2 is 2.19 bits per heavy atom. The van der Waals surface area contributed by atoms with E-state index in [2.05, 4.69) is 6.07 Å². The van der Waals surface area contributed by atoms with Gasteiger partial charge in [-0.1, -0.05) is 12.1 Å². The SMILES string of the molecule is O=C(O)CC1CN(C(=O)c2cccc3c2CCC3)CCO1. The molecule has 1 atom stereocenters. The number of aryl methyl sites for hydroxylation is 1. The Hall–Kier alpha value is -1.88. The Balaban J connectivity index is 1.76. The Kier molecular flexibility index (Phi) is 3.92. The predicted molar refractivity (Wildman–Crippen MR) is 76.4 cm³/mol. The molecular weight excluding hydrogens is 270 g/mol. The van der Waals surface area contributed by atoms with E-state index in [9.17, 15) is 9.59 Å². The molecule has 0 saturated carbocycles. The molecule has 5 nitrogen and oxygen atoms in total. The first kappa shape index (κ1) is 14.1. The summed E-state index contributed by atoms with van der Waals surface area (Å²) in [4.78, 5) is 25.2. The highest BCUT2D eigenvalue weighted by molar-refractivity contribution is 5.96. The van der Waals surface area contributed by atoms with Crippen LogP contribution in [0.5, 0.6) is 0 Å². The summed E-state index contributed by atoms with van der Waals surface area (Å²) >= 11 is 0. The smallest absolute Gasteiger partial charge is 0.306 e. The van der Waals surface area contributed by atoms with Gasteiger partial charge in [0.1, 0.15) is 0 Å². The van der Waals surface area contributed by atoms with Gasteiger partial charge in [0.2, 0.25) is 0 Å². The summed E-state index contributed by atoms with van der Waals surface area (Å²) in [5, 5.41) is 8.85. The number of nitrogens with zero attached hydrogens (tertiary/aromatic N) is 1. The maximum atomic E-state index is 12.7. The minimum atomic E-state index is -0.894. The number of ether oxygens (including phenoxy) is 1. The molecule has 1 N–H and O–H groups in total. The zero-order chi connectivity index (χ0) is 14.8. The van der Waals surface area contributed by atoms with Crippen LogP contribution in [0, 0.1) is 0 Å². The number of benzene rings is 1. The highest BCUT2D eigenvalue weighted by Crippen LogP contribution is 2.26. The van der Waals surface area contributed by atoms with E-state index in [1.165, 1.54) is 11.1 Å². The second kappa shape index (κ2) is 5.85. The fourth-order valence-corrected chi connectivity index (χ4v) is 3.21. The van der Waals surface area contributed by atoms with E-state index < -0.39 is 12.1 Å². The third-order valence-electron chi connectivity index (χ3n) is 4.20. The van der Waals surface area contributed by atoms with Gasteiger partial charge in [0, 0.05) is 18.7 Å². The van der Waals surface area contributed by atoms with E-state index >= 15 is 0 Å². The molecule has 3 rings (SSSR count). The molecule has 1 heterocycles. The topological polar surface area (TPSA) is 66.8 Å². The van der Waals surface area contributed by atoms with Crippen molar-refractivity contribution in [2.75, 3.05) is 19.7 Å². The van der Waals surface area contributed by atoms with E-state index in [0.717, 1.165) is 24.8 Å². The van der Waals surface area contributed by atoms with Crippen molar-refractivity contribution >= 4 is 11.9 Å². The van der Waals surface area contributed by atoms with Gasteiger partial charge in [-0.05, 0) is 36.5 Å². The summed E-state index contributed by atoms with van der Waals surface area (Å²) in [5.41, 5.74) is 3.22. The van der Waals surface area contributed by atoms with Crippen molar-refractivity contribution < 1.29 is 19.4 Å². The monoisotopic (exact) mass is 289 g/mol. The predicted octanol–water partition coefficient (Wildman–Crippen LogP) is 1.49. The van der Waals surface area contributed by atoms with Gasteiger partial charge < -0.3 is 14.7 Å². The van der Waals surface area contributed by atoms with Crippen LogP contribution < -0.4 is 0 Å². The van der Waals surface area contributed by atoms with Gasteiger partial charge in [0.15, 0.2) is 0 Å². The van der Waals surface area contributed by atoms with Gasteiger partial charge in [-0.2, -0.15) is 0 Å². The number of fused-ring (bicyclic) bond motifs is 1. The molecule has 1 amide bonds. The minimum absolute atomic E-state index is 0.00689.